The van der Waals surface area contributed by atoms with E-state index in [2.05, 4.69) is 45.6 Å². The molecule has 0 aliphatic carbocycles. The lowest BCUT2D eigenvalue weighted by Crippen LogP contribution is -2.42. The van der Waals surface area contributed by atoms with Gasteiger partial charge < -0.3 is 16.0 Å². The molecule has 0 unspecified atom stereocenters. The molecular formula is C18H20N4O. The number of amides is 1. The fourth-order valence-electron chi connectivity index (χ4n) is 2.58. The molecule has 0 fully saturated rings. The van der Waals surface area contributed by atoms with Gasteiger partial charge in [0.25, 0.3) is 0 Å². The molecule has 0 aliphatic rings. The number of rotatable bonds is 6. The van der Waals surface area contributed by atoms with E-state index in [1.807, 2.05) is 12.1 Å². The van der Waals surface area contributed by atoms with Crippen LogP contribution in [0.4, 0.5) is 0 Å². The van der Waals surface area contributed by atoms with E-state index in [4.69, 9.17) is 5.73 Å². The number of benzene rings is 2. The van der Waals surface area contributed by atoms with Gasteiger partial charge in [0.1, 0.15) is 0 Å². The van der Waals surface area contributed by atoms with Crippen molar-refractivity contribution in [1.82, 2.24) is 15.3 Å². The first kappa shape index (κ1) is 15.2. The molecule has 5 nitrogen and oxygen atoms in total. The minimum absolute atomic E-state index is 0.145. The van der Waals surface area contributed by atoms with Gasteiger partial charge in [0.2, 0.25) is 5.91 Å². The number of carbonyl (C=O) groups is 1. The van der Waals surface area contributed by atoms with Crippen LogP contribution in [0, 0.1) is 0 Å². The molecule has 3 aromatic rings. The predicted octanol–water partition coefficient (Wildman–Crippen LogP) is 1.79. The highest BCUT2D eigenvalue weighted by molar-refractivity contribution is 5.83. The summed E-state index contributed by atoms with van der Waals surface area (Å²) in [5.74, 6) is -0.145. The lowest BCUT2D eigenvalue weighted by Gasteiger charge is -2.11. The van der Waals surface area contributed by atoms with Gasteiger partial charge in [-0.3, -0.25) is 4.79 Å². The van der Waals surface area contributed by atoms with Gasteiger partial charge in [-0.1, -0.05) is 42.5 Å². The number of aromatic nitrogens is 2. The molecule has 23 heavy (non-hydrogen) atoms. The number of nitrogens with zero attached hydrogens (tertiary/aromatic N) is 1. The van der Waals surface area contributed by atoms with Gasteiger partial charge in [0, 0.05) is 19.2 Å². The van der Waals surface area contributed by atoms with E-state index in [1.165, 1.54) is 16.3 Å². The highest BCUT2D eigenvalue weighted by atomic mass is 16.2. The number of hydrogen-bond donors (Lipinski definition) is 3. The van der Waals surface area contributed by atoms with Crippen LogP contribution in [0.25, 0.3) is 10.8 Å². The van der Waals surface area contributed by atoms with Crippen LogP contribution in [-0.4, -0.2) is 28.5 Å². The van der Waals surface area contributed by atoms with Crippen molar-refractivity contribution in [2.45, 2.75) is 18.9 Å². The average Bonchev–Trinajstić information content (AvgIpc) is 3.07. The van der Waals surface area contributed by atoms with Crippen LogP contribution in [0.3, 0.4) is 0 Å². The summed E-state index contributed by atoms with van der Waals surface area (Å²) in [6.07, 6.45) is 4.55. The zero-order chi connectivity index (χ0) is 16.1. The van der Waals surface area contributed by atoms with E-state index in [9.17, 15) is 4.79 Å². The largest absolute Gasteiger partial charge is 0.354 e. The highest BCUT2D eigenvalue weighted by Crippen LogP contribution is 2.15. The average molecular weight is 308 g/mol. The van der Waals surface area contributed by atoms with Crippen molar-refractivity contribution in [3.63, 3.8) is 0 Å². The van der Waals surface area contributed by atoms with Gasteiger partial charge in [-0.15, -0.1) is 0 Å². The molecule has 2 aromatic carbocycles. The third-order valence-electron chi connectivity index (χ3n) is 3.85. The smallest absolute Gasteiger partial charge is 0.237 e. The number of hydrogen-bond acceptors (Lipinski definition) is 3. The van der Waals surface area contributed by atoms with Crippen LogP contribution < -0.4 is 11.1 Å². The van der Waals surface area contributed by atoms with Crippen molar-refractivity contribution in [2.75, 3.05) is 6.54 Å². The molecule has 1 aromatic heterocycles. The number of fused-ring (bicyclic) bond motifs is 1. The summed E-state index contributed by atoms with van der Waals surface area (Å²) in [5.41, 5.74) is 7.89. The molecule has 5 heteroatoms. The molecule has 1 amide bonds. The van der Waals surface area contributed by atoms with Crippen LogP contribution in [-0.2, 0) is 17.6 Å². The summed E-state index contributed by atoms with van der Waals surface area (Å²) in [4.78, 5) is 18.9. The Morgan fingerprint density at radius 1 is 1.22 bits per heavy atom. The second-order valence-corrected chi connectivity index (χ2v) is 5.59. The van der Waals surface area contributed by atoms with Crippen molar-refractivity contribution < 1.29 is 4.79 Å². The topological polar surface area (TPSA) is 83.8 Å². The summed E-state index contributed by atoms with van der Waals surface area (Å²) < 4.78 is 0. The number of imidazole rings is 1. The molecule has 1 heterocycles. The summed E-state index contributed by atoms with van der Waals surface area (Å²) in [5, 5.41) is 5.33. The maximum absolute atomic E-state index is 12.0. The normalized spacial score (nSPS) is 12.2. The fourth-order valence-corrected chi connectivity index (χ4v) is 2.58. The lowest BCUT2D eigenvalue weighted by molar-refractivity contribution is -0.122. The molecule has 0 bridgehead atoms. The van der Waals surface area contributed by atoms with E-state index < -0.39 is 6.04 Å². The van der Waals surface area contributed by atoms with Crippen LogP contribution >= 0.6 is 0 Å². The first-order valence-corrected chi connectivity index (χ1v) is 7.71. The van der Waals surface area contributed by atoms with Crippen LogP contribution in [0.15, 0.2) is 55.0 Å². The number of nitrogens with one attached hydrogen (secondary N) is 2. The molecule has 118 valence electrons. The zero-order valence-corrected chi connectivity index (χ0v) is 12.8. The molecule has 3 rings (SSSR count). The summed E-state index contributed by atoms with van der Waals surface area (Å²) in [6.45, 7) is 0.575. The van der Waals surface area contributed by atoms with Crippen LogP contribution in [0.2, 0.25) is 0 Å². The maximum Gasteiger partial charge on any atom is 0.237 e. The summed E-state index contributed by atoms with van der Waals surface area (Å²) in [7, 11) is 0. The van der Waals surface area contributed by atoms with Crippen LogP contribution in [0.1, 0.15) is 11.3 Å². The van der Waals surface area contributed by atoms with E-state index in [1.54, 1.807) is 12.5 Å². The number of carbonyl (C=O) groups excluding carboxylic acids is 1. The lowest BCUT2D eigenvalue weighted by atomic mass is 10.1. The maximum atomic E-state index is 12.0. The van der Waals surface area contributed by atoms with Gasteiger partial charge in [0.05, 0.1) is 18.1 Å². The van der Waals surface area contributed by atoms with Crippen molar-refractivity contribution in [2.24, 2.45) is 5.73 Å². The van der Waals surface area contributed by atoms with Crippen molar-refractivity contribution >= 4 is 16.7 Å². The predicted molar refractivity (Wildman–Crippen MR) is 90.9 cm³/mol. The minimum atomic E-state index is -0.574. The minimum Gasteiger partial charge on any atom is -0.354 e. The molecule has 0 saturated carbocycles. The molecule has 0 saturated heterocycles. The molecule has 0 radical (unpaired) electrons. The van der Waals surface area contributed by atoms with E-state index >= 15 is 0 Å². The second kappa shape index (κ2) is 7.07. The van der Waals surface area contributed by atoms with E-state index in [-0.39, 0.29) is 5.91 Å². The second-order valence-electron chi connectivity index (χ2n) is 5.59. The van der Waals surface area contributed by atoms with Crippen molar-refractivity contribution in [1.29, 1.82) is 0 Å². The van der Waals surface area contributed by atoms with Gasteiger partial charge >= 0.3 is 0 Å². The first-order valence-electron chi connectivity index (χ1n) is 7.71. The van der Waals surface area contributed by atoms with Crippen molar-refractivity contribution in [3.05, 3.63) is 66.2 Å². The van der Waals surface area contributed by atoms with Crippen LogP contribution in [0.5, 0.6) is 0 Å². The Labute approximate surface area is 134 Å². The Hall–Kier alpha value is -2.66. The standard InChI is InChI=1S/C18H20N4O/c19-17(10-16-11-20-12-22-16)18(23)21-8-7-13-5-6-14-3-1-2-4-15(14)9-13/h1-6,9,11-12,17H,7-8,10,19H2,(H,20,22)(H,21,23)/t17-/m0/s1. The molecule has 0 aliphatic heterocycles. The Morgan fingerprint density at radius 2 is 2.04 bits per heavy atom. The quantitative estimate of drug-likeness (QED) is 0.649. The van der Waals surface area contributed by atoms with E-state index in [0.29, 0.717) is 13.0 Å². The Balaban J connectivity index is 1.50. The fraction of sp³-hybridized carbons (Fsp3) is 0.222. The Morgan fingerprint density at radius 3 is 2.83 bits per heavy atom. The zero-order valence-electron chi connectivity index (χ0n) is 12.8. The third-order valence-corrected chi connectivity index (χ3v) is 3.85. The molecule has 1 atom stereocenters. The first-order chi connectivity index (χ1) is 11.2. The number of nitrogens with two attached hydrogens (primary N) is 1. The number of aromatic amines is 1. The van der Waals surface area contributed by atoms with Gasteiger partial charge in [-0.2, -0.15) is 0 Å². The summed E-state index contributed by atoms with van der Waals surface area (Å²) in [6, 6.07) is 14.0. The van der Waals surface area contributed by atoms with Gasteiger partial charge in [0.15, 0.2) is 0 Å². The monoisotopic (exact) mass is 308 g/mol. The van der Waals surface area contributed by atoms with Crippen molar-refractivity contribution in [3.8, 4) is 0 Å². The van der Waals surface area contributed by atoms with Gasteiger partial charge in [-0.05, 0) is 22.8 Å². The highest BCUT2D eigenvalue weighted by Gasteiger charge is 2.14. The number of H-pyrrole nitrogens is 1. The Bertz CT molecular complexity index is 783. The Kier molecular flexibility index (Phi) is 4.68. The molecule has 4 N–H and O–H groups in total. The summed E-state index contributed by atoms with van der Waals surface area (Å²) >= 11 is 0. The third kappa shape index (κ3) is 3.96. The SMILES string of the molecule is N[C@@H](Cc1c[nH]cn1)C(=O)NCCc1ccc2ccccc2c1. The van der Waals surface area contributed by atoms with Gasteiger partial charge in [-0.25, -0.2) is 4.98 Å². The molecular weight excluding hydrogens is 288 g/mol. The van der Waals surface area contributed by atoms with E-state index in [0.717, 1.165) is 12.1 Å². The molecule has 0 spiro atoms.